The Bertz CT molecular complexity index is 342. The van der Waals surface area contributed by atoms with Gasteiger partial charge >= 0.3 is 0 Å². The highest BCUT2D eigenvalue weighted by atomic mass is 16.1. The molecule has 0 N–H and O–H groups in total. The van der Waals surface area contributed by atoms with Crippen LogP contribution < -0.4 is 0 Å². The summed E-state index contributed by atoms with van der Waals surface area (Å²) in [5.74, 6) is 0.447. The van der Waals surface area contributed by atoms with Gasteiger partial charge < -0.3 is 0 Å². The number of carbonyl (C=O) groups is 1. The van der Waals surface area contributed by atoms with Crippen LogP contribution in [0.5, 0.6) is 0 Å². The first-order chi connectivity index (χ1) is 7.29. The van der Waals surface area contributed by atoms with E-state index in [9.17, 15) is 4.79 Å². The maximum absolute atomic E-state index is 12.1. The number of hydrogen-bond acceptors (Lipinski definition) is 1. The van der Waals surface area contributed by atoms with Crippen molar-refractivity contribution in [3.63, 3.8) is 0 Å². The van der Waals surface area contributed by atoms with E-state index in [4.69, 9.17) is 0 Å². The van der Waals surface area contributed by atoms with Crippen LogP contribution in [0.25, 0.3) is 0 Å². The Hall–Kier alpha value is -1.11. The fraction of sp³-hybridized carbons (Fsp3) is 0.500. The summed E-state index contributed by atoms with van der Waals surface area (Å²) in [4.78, 5) is 12.1. The van der Waals surface area contributed by atoms with Crippen molar-refractivity contribution in [2.75, 3.05) is 0 Å². The first-order valence-electron chi connectivity index (χ1n) is 5.88. The maximum Gasteiger partial charge on any atom is 0.143 e. The molecule has 0 spiro atoms. The lowest BCUT2D eigenvalue weighted by atomic mass is 9.67. The summed E-state index contributed by atoms with van der Waals surface area (Å²) in [7, 11) is 0. The first-order valence-corrected chi connectivity index (χ1v) is 5.88. The van der Waals surface area contributed by atoms with E-state index >= 15 is 0 Å². The summed E-state index contributed by atoms with van der Waals surface area (Å²) >= 11 is 0. The van der Waals surface area contributed by atoms with Crippen LogP contribution in [0.2, 0.25) is 0 Å². The minimum atomic E-state index is -0.167. The van der Waals surface area contributed by atoms with Crippen molar-refractivity contribution < 1.29 is 4.79 Å². The molecule has 0 amide bonds. The van der Waals surface area contributed by atoms with Gasteiger partial charge in [0.15, 0.2) is 0 Å². The van der Waals surface area contributed by atoms with Crippen LogP contribution in [-0.2, 0) is 10.2 Å². The summed E-state index contributed by atoms with van der Waals surface area (Å²) < 4.78 is 0. The Morgan fingerprint density at radius 1 is 1.20 bits per heavy atom. The monoisotopic (exact) mass is 202 g/mol. The van der Waals surface area contributed by atoms with Crippen LogP contribution >= 0.6 is 0 Å². The molecule has 1 aromatic rings. The van der Waals surface area contributed by atoms with Crippen molar-refractivity contribution in [3.8, 4) is 0 Å². The van der Waals surface area contributed by atoms with E-state index in [1.165, 1.54) is 12.0 Å². The molecule has 0 aromatic heterocycles. The third-order valence-corrected chi connectivity index (χ3v) is 3.72. The van der Waals surface area contributed by atoms with Gasteiger partial charge in [0.1, 0.15) is 5.78 Å². The number of rotatable bonds is 2. The fourth-order valence-corrected chi connectivity index (χ4v) is 2.73. The number of benzene rings is 1. The third-order valence-electron chi connectivity index (χ3n) is 3.72. The summed E-state index contributed by atoms with van der Waals surface area (Å²) in [6.07, 6.45) is 5.01. The Morgan fingerprint density at radius 2 is 1.93 bits per heavy atom. The van der Waals surface area contributed by atoms with Crippen molar-refractivity contribution in [1.29, 1.82) is 0 Å². The first kappa shape index (κ1) is 10.4. The smallest absolute Gasteiger partial charge is 0.143 e. The third kappa shape index (κ3) is 1.71. The van der Waals surface area contributed by atoms with E-state index in [0.717, 1.165) is 25.7 Å². The molecule has 0 bridgehead atoms. The van der Waals surface area contributed by atoms with E-state index in [-0.39, 0.29) is 5.41 Å². The van der Waals surface area contributed by atoms with Crippen LogP contribution in [0.1, 0.15) is 44.6 Å². The molecule has 0 heterocycles. The lowest BCUT2D eigenvalue weighted by Gasteiger charge is -2.35. The summed E-state index contributed by atoms with van der Waals surface area (Å²) in [6.45, 7) is 2.14. The number of ketones is 1. The van der Waals surface area contributed by atoms with E-state index in [1.807, 2.05) is 18.2 Å². The second-order valence-corrected chi connectivity index (χ2v) is 4.43. The van der Waals surface area contributed by atoms with Crippen LogP contribution in [0.15, 0.2) is 30.3 Å². The maximum atomic E-state index is 12.1. The molecule has 0 radical (unpaired) electrons. The van der Waals surface area contributed by atoms with Gasteiger partial charge in [0.25, 0.3) is 0 Å². The zero-order chi connectivity index (χ0) is 10.7. The largest absolute Gasteiger partial charge is 0.299 e. The molecule has 1 nitrogen and oxygen atoms in total. The van der Waals surface area contributed by atoms with Gasteiger partial charge in [-0.15, -0.1) is 0 Å². The predicted octanol–water partition coefficient (Wildman–Crippen LogP) is 3.48. The Morgan fingerprint density at radius 3 is 2.53 bits per heavy atom. The van der Waals surface area contributed by atoms with E-state index < -0.39 is 0 Å². The molecular formula is C14H18O. The highest BCUT2D eigenvalue weighted by molar-refractivity contribution is 5.90. The van der Waals surface area contributed by atoms with Crippen LogP contribution in [-0.4, -0.2) is 5.78 Å². The van der Waals surface area contributed by atoms with Gasteiger partial charge in [0, 0.05) is 6.42 Å². The van der Waals surface area contributed by atoms with Gasteiger partial charge in [-0.2, -0.15) is 0 Å². The lowest BCUT2D eigenvalue weighted by molar-refractivity contribution is -0.126. The van der Waals surface area contributed by atoms with Crippen molar-refractivity contribution in [2.24, 2.45) is 0 Å². The normalized spacial score (nSPS) is 26.6. The van der Waals surface area contributed by atoms with Crippen LogP contribution in [0, 0.1) is 0 Å². The standard InChI is InChI=1S/C14H18O/c1-2-14(11-7-6-10-13(14)15)12-8-4-3-5-9-12/h3-5,8-9H,2,6-7,10-11H2,1H3. The molecule has 1 heteroatoms. The zero-order valence-electron chi connectivity index (χ0n) is 9.33. The van der Waals surface area contributed by atoms with E-state index in [1.54, 1.807) is 0 Å². The molecule has 1 aliphatic rings. The molecule has 1 atom stereocenters. The minimum Gasteiger partial charge on any atom is -0.299 e. The Balaban J connectivity index is 2.40. The molecule has 80 valence electrons. The molecule has 1 fully saturated rings. The van der Waals surface area contributed by atoms with Crippen molar-refractivity contribution >= 4 is 5.78 Å². The molecule has 0 aliphatic heterocycles. The second kappa shape index (κ2) is 4.18. The number of hydrogen-bond donors (Lipinski definition) is 0. The molecule has 1 unspecified atom stereocenters. The van der Waals surface area contributed by atoms with Crippen LogP contribution in [0.3, 0.4) is 0 Å². The number of Topliss-reactive ketones (excluding diaryl/α,β-unsaturated/α-hetero) is 1. The Kier molecular flexibility index (Phi) is 2.90. The number of carbonyl (C=O) groups excluding carboxylic acids is 1. The molecule has 2 rings (SSSR count). The summed E-state index contributed by atoms with van der Waals surface area (Å²) in [5, 5.41) is 0. The lowest BCUT2D eigenvalue weighted by Crippen LogP contribution is -2.37. The zero-order valence-corrected chi connectivity index (χ0v) is 9.33. The Labute approximate surface area is 91.5 Å². The van der Waals surface area contributed by atoms with Gasteiger partial charge in [0.2, 0.25) is 0 Å². The summed E-state index contributed by atoms with van der Waals surface area (Å²) in [6, 6.07) is 10.3. The molecule has 0 saturated heterocycles. The molecule has 1 aromatic carbocycles. The van der Waals surface area contributed by atoms with Gasteiger partial charge in [0.05, 0.1) is 5.41 Å². The van der Waals surface area contributed by atoms with Crippen molar-refractivity contribution in [1.82, 2.24) is 0 Å². The molecular weight excluding hydrogens is 184 g/mol. The quantitative estimate of drug-likeness (QED) is 0.717. The molecule has 1 aliphatic carbocycles. The topological polar surface area (TPSA) is 17.1 Å². The highest BCUT2D eigenvalue weighted by Gasteiger charge is 2.39. The van der Waals surface area contributed by atoms with Crippen LogP contribution in [0.4, 0.5) is 0 Å². The predicted molar refractivity (Wildman–Crippen MR) is 61.9 cm³/mol. The summed E-state index contributed by atoms with van der Waals surface area (Å²) in [5.41, 5.74) is 1.05. The van der Waals surface area contributed by atoms with Crippen molar-refractivity contribution in [2.45, 2.75) is 44.4 Å². The fourth-order valence-electron chi connectivity index (χ4n) is 2.73. The SMILES string of the molecule is CCC1(c2ccccc2)CCCCC1=O. The highest BCUT2D eigenvalue weighted by Crippen LogP contribution is 2.39. The second-order valence-electron chi connectivity index (χ2n) is 4.43. The van der Waals surface area contributed by atoms with Gasteiger partial charge in [-0.05, 0) is 24.8 Å². The average molecular weight is 202 g/mol. The van der Waals surface area contributed by atoms with Gasteiger partial charge in [-0.1, -0.05) is 43.7 Å². The molecule has 1 saturated carbocycles. The van der Waals surface area contributed by atoms with Crippen molar-refractivity contribution in [3.05, 3.63) is 35.9 Å². The molecule has 15 heavy (non-hydrogen) atoms. The minimum absolute atomic E-state index is 0.167. The average Bonchev–Trinajstić information content (AvgIpc) is 2.31. The van der Waals surface area contributed by atoms with Gasteiger partial charge in [-0.25, -0.2) is 0 Å². The van der Waals surface area contributed by atoms with E-state index in [0.29, 0.717) is 5.78 Å². The van der Waals surface area contributed by atoms with Gasteiger partial charge in [-0.3, -0.25) is 4.79 Å². The van der Waals surface area contributed by atoms with E-state index in [2.05, 4.69) is 19.1 Å².